The van der Waals surface area contributed by atoms with Crippen LogP contribution >= 0.6 is 45.2 Å². The van der Waals surface area contributed by atoms with Gasteiger partial charge in [0.15, 0.2) is 0 Å². The minimum atomic E-state index is -0.968. The van der Waals surface area contributed by atoms with Gasteiger partial charge in [-0.3, -0.25) is 4.79 Å². The minimum Gasteiger partial charge on any atom is -0.487 e. The van der Waals surface area contributed by atoms with Crippen molar-refractivity contribution in [1.82, 2.24) is 4.90 Å². The fourth-order valence-electron chi connectivity index (χ4n) is 3.99. The van der Waals surface area contributed by atoms with Gasteiger partial charge in [0.1, 0.15) is 24.0 Å². The summed E-state index contributed by atoms with van der Waals surface area (Å²) in [6.45, 7) is 2.84. The molecule has 0 unspecified atom stereocenters. The minimum absolute atomic E-state index is 0.104. The number of hydrogen-bond donors (Lipinski definition) is 1. The van der Waals surface area contributed by atoms with Crippen LogP contribution < -0.4 is 9.64 Å². The highest BCUT2D eigenvalue weighted by atomic mass is 127. The molecule has 0 spiro atoms. The molecule has 0 aliphatic carbocycles. The molecule has 1 fully saturated rings. The lowest BCUT2D eigenvalue weighted by atomic mass is 10.1. The van der Waals surface area contributed by atoms with Gasteiger partial charge in [0.25, 0.3) is 5.91 Å². The number of nitrogens with zero attached hydrogens (tertiary/aromatic N) is 3. The molecule has 9 heteroatoms. The standard InChI is InChI=1S/C28H23I2N3O4/c29-24-15-20(16-25(30)26(24)37-18-19-6-8-21(9-7-19)28(35)36)14-22(17-31)27(34)33-12-10-32(11-13-33)23-4-2-1-3-5-23/h1-9,14-16H,10-13,18H2,(H,35,36)/b22-14-. The van der Waals surface area contributed by atoms with Crippen molar-refractivity contribution in [2.45, 2.75) is 6.61 Å². The molecule has 7 nitrogen and oxygen atoms in total. The fraction of sp³-hybridized carbons (Fsp3) is 0.179. The van der Waals surface area contributed by atoms with Crippen LogP contribution in [0.2, 0.25) is 0 Å². The number of carbonyl (C=O) groups is 2. The Bertz CT molecular complexity index is 1340. The van der Waals surface area contributed by atoms with Gasteiger partial charge in [-0.1, -0.05) is 30.3 Å². The first-order valence-electron chi connectivity index (χ1n) is 11.5. The Morgan fingerprint density at radius 1 is 0.973 bits per heavy atom. The third kappa shape index (κ3) is 6.81. The lowest BCUT2D eigenvalue weighted by molar-refractivity contribution is -0.126. The van der Waals surface area contributed by atoms with E-state index in [1.807, 2.05) is 30.3 Å². The molecule has 1 aliphatic heterocycles. The molecule has 0 aromatic heterocycles. The summed E-state index contributed by atoms with van der Waals surface area (Å²) >= 11 is 4.35. The van der Waals surface area contributed by atoms with Crippen LogP contribution in [-0.4, -0.2) is 48.1 Å². The maximum atomic E-state index is 13.1. The summed E-state index contributed by atoms with van der Waals surface area (Å²) in [5, 5.41) is 18.8. The molecule has 1 N–H and O–H groups in total. The first-order valence-corrected chi connectivity index (χ1v) is 13.7. The highest BCUT2D eigenvalue weighted by Gasteiger charge is 2.24. The Labute approximate surface area is 242 Å². The predicted molar refractivity (Wildman–Crippen MR) is 158 cm³/mol. The maximum Gasteiger partial charge on any atom is 0.335 e. The van der Waals surface area contributed by atoms with Crippen molar-refractivity contribution < 1.29 is 19.4 Å². The smallest absolute Gasteiger partial charge is 0.335 e. The van der Waals surface area contributed by atoms with E-state index in [2.05, 4.69) is 68.3 Å². The van der Waals surface area contributed by atoms with Gasteiger partial charge in [0, 0.05) is 31.9 Å². The summed E-state index contributed by atoms with van der Waals surface area (Å²) in [5.41, 5.74) is 3.07. The zero-order valence-electron chi connectivity index (χ0n) is 19.7. The molecule has 1 aliphatic rings. The van der Waals surface area contributed by atoms with Crippen molar-refractivity contribution in [3.63, 3.8) is 0 Å². The van der Waals surface area contributed by atoms with Gasteiger partial charge in [0.05, 0.1) is 12.7 Å². The number of benzene rings is 3. The van der Waals surface area contributed by atoms with E-state index in [9.17, 15) is 14.9 Å². The molecule has 1 amide bonds. The molecule has 4 rings (SSSR count). The normalized spacial score (nSPS) is 13.7. The SMILES string of the molecule is N#C/C(=C/c1cc(I)c(OCc2ccc(C(=O)O)cc2)c(I)c1)C(=O)N1CCN(c2ccccc2)CC1. The molecule has 0 radical (unpaired) electrons. The number of hydrogen-bond acceptors (Lipinski definition) is 5. The first kappa shape index (κ1) is 26.9. The van der Waals surface area contributed by atoms with Crippen LogP contribution in [0.25, 0.3) is 6.08 Å². The average molecular weight is 719 g/mol. The lowest BCUT2D eigenvalue weighted by Gasteiger charge is -2.36. The fourth-order valence-corrected chi connectivity index (χ4v) is 6.11. The van der Waals surface area contributed by atoms with E-state index in [0.29, 0.717) is 18.8 Å². The van der Waals surface area contributed by atoms with Crippen LogP contribution in [0.3, 0.4) is 0 Å². The monoisotopic (exact) mass is 719 g/mol. The number of halogens is 2. The van der Waals surface area contributed by atoms with Crippen LogP contribution in [0.4, 0.5) is 5.69 Å². The van der Waals surface area contributed by atoms with E-state index in [0.717, 1.165) is 37.0 Å². The predicted octanol–water partition coefficient (Wildman–Crippen LogP) is 5.43. The molecule has 0 bridgehead atoms. The second-order valence-corrected chi connectivity index (χ2v) is 10.7. The number of aromatic carboxylic acids is 1. The molecular weight excluding hydrogens is 696 g/mol. The topological polar surface area (TPSA) is 93.9 Å². The Hall–Kier alpha value is -3.11. The van der Waals surface area contributed by atoms with Gasteiger partial charge in [-0.05, 0) is 98.8 Å². The molecule has 3 aromatic rings. The van der Waals surface area contributed by atoms with Gasteiger partial charge >= 0.3 is 5.97 Å². The molecule has 37 heavy (non-hydrogen) atoms. The number of nitriles is 1. The van der Waals surface area contributed by atoms with Crippen LogP contribution in [0.5, 0.6) is 5.75 Å². The van der Waals surface area contributed by atoms with E-state index in [1.54, 1.807) is 35.2 Å². The number of anilines is 1. The van der Waals surface area contributed by atoms with Gasteiger partial charge in [0.2, 0.25) is 0 Å². The second-order valence-electron chi connectivity index (χ2n) is 8.39. The molecule has 3 aromatic carbocycles. The van der Waals surface area contributed by atoms with Crippen LogP contribution in [0, 0.1) is 18.5 Å². The van der Waals surface area contributed by atoms with E-state index in [1.165, 1.54) is 0 Å². The average Bonchev–Trinajstić information content (AvgIpc) is 2.91. The number of ether oxygens (including phenoxy) is 1. The molecule has 0 saturated carbocycles. The van der Waals surface area contributed by atoms with Crippen molar-refractivity contribution in [2.75, 3.05) is 31.1 Å². The second kappa shape index (κ2) is 12.4. The third-order valence-corrected chi connectivity index (χ3v) is 7.56. The first-order chi connectivity index (χ1) is 17.9. The molecule has 188 valence electrons. The van der Waals surface area contributed by atoms with Gasteiger partial charge in [-0.15, -0.1) is 0 Å². The largest absolute Gasteiger partial charge is 0.487 e. The summed E-state index contributed by atoms with van der Waals surface area (Å²) in [6.07, 6.45) is 1.63. The quantitative estimate of drug-likeness (QED) is 0.199. The number of amides is 1. The van der Waals surface area contributed by atoms with Crippen molar-refractivity contribution >= 4 is 68.8 Å². The van der Waals surface area contributed by atoms with Crippen molar-refractivity contribution in [3.05, 3.63) is 96.1 Å². The number of para-hydroxylation sites is 1. The zero-order chi connectivity index (χ0) is 26.4. The Kier molecular flexibility index (Phi) is 9.04. The number of rotatable bonds is 7. The number of carbonyl (C=O) groups excluding carboxylic acids is 1. The Morgan fingerprint density at radius 2 is 1.59 bits per heavy atom. The van der Waals surface area contributed by atoms with E-state index >= 15 is 0 Å². The van der Waals surface area contributed by atoms with Crippen molar-refractivity contribution in [3.8, 4) is 11.8 Å². The van der Waals surface area contributed by atoms with Crippen LogP contribution in [0.1, 0.15) is 21.5 Å². The third-order valence-electron chi connectivity index (χ3n) is 5.95. The summed E-state index contributed by atoms with van der Waals surface area (Å²) in [4.78, 5) is 28.1. The summed E-state index contributed by atoms with van der Waals surface area (Å²) in [5.74, 6) is -0.530. The van der Waals surface area contributed by atoms with E-state index in [-0.39, 0.29) is 23.7 Å². The van der Waals surface area contributed by atoms with Gasteiger partial charge in [-0.25, -0.2) is 4.79 Å². The van der Waals surface area contributed by atoms with E-state index < -0.39 is 5.97 Å². The molecule has 0 atom stereocenters. The number of carboxylic acids is 1. The van der Waals surface area contributed by atoms with Crippen LogP contribution in [-0.2, 0) is 11.4 Å². The van der Waals surface area contributed by atoms with Gasteiger partial charge in [-0.2, -0.15) is 5.26 Å². The maximum absolute atomic E-state index is 13.1. The van der Waals surface area contributed by atoms with Crippen molar-refractivity contribution in [2.24, 2.45) is 0 Å². The molecular formula is C28H23I2N3O4. The Morgan fingerprint density at radius 3 is 2.16 bits per heavy atom. The van der Waals surface area contributed by atoms with Crippen molar-refractivity contribution in [1.29, 1.82) is 5.26 Å². The molecule has 1 heterocycles. The van der Waals surface area contributed by atoms with Crippen LogP contribution in [0.15, 0.2) is 72.3 Å². The van der Waals surface area contributed by atoms with E-state index in [4.69, 9.17) is 9.84 Å². The molecule has 1 saturated heterocycles. The number of carboxylic acid groups (broad SMARTS) is 1. The lowest BCUT2D eigenvalue weighted by Crippen LogP contribution is -2.49. The highest BCUT2D eigenvalue weighted by molar-refractivity contribution is 14.1. The summed E-state index contributed by atoms with van der Waals surface area (Å²) in [7, 11) is 0. The summed E-state index contributed by atoms with van der Waals surface area (Å²) in [6, 6.07) is 22.5. The van der Waals surface area contributed by atoms with Gasteiger partial charge < -0.3 is 19.6 Å². The Balaban J connectivity index is 1.42. The zero-order valence-corrected chi connectivity index (χ0v) is 24.0. The highest BCUT2D eigenvalue weighted by Crippen LogP contribution is 2.31. The summed E-state index contributed by atoms with van der Waals surface area (Å²) < 4.78 is 7.69. The number of piperazine rings is 1.